The Labute approximate surface area is 190 Å². The van der Waals surface area contributed by atoms with Gasteiger partial charge in [0.05, 0.1) is 12.7 Å². The van der Waals surface area contributed by atoms with Crippen LogP contribution < -0.4 is 10.1 Å². The van der Waals surface area contributed by atoms with Gasteiger partial charge in [0, 0.05) is 21.0 Å². The standard InChI is InChI=1S/C24H22ClNO4S/c1-29-24(28)21-18-7-3-5-9-20(18)31-23(21)26-22(27)15-10-12-17(13-11-15)30-14-16-6-2-4-8-19(16)25/h2,4,6,8,10-13H,3,5,7,9,14H2,1H3,(H,26,27). The second-order valence-corrected chi connectivity index (χ2v) is 8.78. The Morgan fingerprint density at radius 1 is 1.06 bits per heavy atom. The molecule has 160 valence electrons. The molecule has 3 aromatic rings. The first-order valence-electron chi connectivity index (χ1n) is 10.1. The summed E-state index contributed by atoms with van der Waals surface area (Å²) in [7, 11) is 1.36. The molecule has 0 aliphatic heterocycles. The average Bonchev–Trinajstić information content (AvgIpc) is 3.16. The Balaban J connectivity index is 1.46. The summed E-state index contributed by atoms with van der Waals surface area (Å²) >= 11 is 7.62. The van der Waals surface area contributed by atoms with Gasteiger partial charge in [0.2, 0.25) is 0 Å². The molecule has 1 aliphatic carbocycles. The number of anilines is 1. The van der Waals surface area contributed by atoms with E-state index in [9.17, 15) is 9.59 Å². The molecular formula is C24H22ClNO4S. The van der Waals surface area contributed by atoms with Gasteiger partial charge in [0.15, 0.2) is 0 Å². The van der Waals surface area contributed by atoms with Crippen LogP contribution >= 0.6 is 22.9 Å². The molecule has 0 saturated carbocycles. The van der Waals surface area contributed by atoms with Gasteiger partial charge in [0.25, 0.3) is 5.91 Å². The number of halogens is 1. The van der Waals surface area contributed by atoms with Gasteiger partial charge < -0.3 is 14.8 Å². The molecule has 1 aromatic heterocycles. The van der Waals surface area contributed by atoms with Gasteiger partial charge in [-0.1, -0.05) is 29.8 Å². The maximum atomic E-state index is 12.8. The number of esters is 1. The van der Waals surface area contributed by atoms with Crippen molar-refractivity contribution in [3.8, 4) is 5.75 Å². The molecule has 0 bridgehead atoms. The average molecular weight is 456 g/mol. The van der Waals surface area contributed by atoms with Gasteiger partial charge in [-0.05, 0) is 61.6 Å². The van der Waals surface area contributed by atoms with E-state index in [1.54, 1.807) is 24.3 Å². The molecule has 0 spiro atoms. The maximum absolute atomic E-state index is 12.8. The van der Waals surface area contributed by atoms with Crippen molar-refractivity contribution in [2.45, 2.75) is 32.3 Å². The van der Waals surface area contributed by atoms with Crippen LogP contribution in [0.3, 0.4) is 0 Å². The number of hydrogen-bond donors (Lipinski definition) is 1. The molecule has 1 amide bonds. The first-order valence-corrected chi connectivity index (χ1v) is 11.3. The molecule has 1 N–H and O–H groups in total. The Bertz CT molecular complexity index is 1110. The minimum atomic E-state index is -0.405. The summed E-state index contributed by atoms with van der Waals surface area (Å²) in [6, 6.07) is 14.4. The number of rotatable bonds is 6. The molecule has 0 saturated heterocycles. The molecule has 0 atom stereocenters. The third-order valence-corrected chi connectivity index (χ3v) is 6.83. The van der Waals surface area contributed by atoms with Crippen molar-refractivity contribution in [3.05, 3.63) is 80.7 Å². The summed E-state index contributed by atoms with van der Waals surface area (Å²) < 4.78 is 10.7. The molecule has 2 aromatic carbocycles. The van der Waals surface area contributed by atoms with Crippen LogP contribution in [0.25, 0.3) is 0 Å². The Hall–Kier alpha value is -2.83. The predicted octanol–water partition coefficient (Wildman–Crippen LogP) is 5.90. The summed E-state index contributed by atoms with van der Waals surface area (Å²) in [5.74, 6) is -0.0438. The Morgan fingerprint density at radius 2 is 1.81 bits per heavy atom. The topological polar surface area (TPSA) is 64.6 Å². The van der Waals surface area contributed by atoms with Gasteiger partial charge in [-0.25, -0.2) is 4.79 Å². The molecule has 1 aliphatic rings. The van der Waals surface area contributed by atoms with E-state index in [0.717, 1.165) is 41.7 Å². The number of fused-ring (bicyclic) bond motifs is 1. The summed E-state index contributed by atoms with van der Waals surface area (Å²) in [5, 5.41) is 4.11. The van der Waals surface area contributed by atoms with E-state index >= 15 is 0 Å². The molecule has 5 nitrogen and oxygen atoms in total. The van der Waals surface area contributed by atoms with Crippen LogP contribution in [-0.2, 0) is 24.2 Å². The van der Waals surface area contributed by atoms with Crippen molar-refractivity contribution < 1.29 is 19.1 Å². The van der Waals surface area contributed by atoms with E-state index in [0.29, 0.717) is 33.5 Å². The minimum absolute atomic E-state index is 0.276. The number of ether oxygens (including phenoxy) is 2. The van der Waals surface area contributed by atoms with E-state index < -0.39 is 5.97 Å². The van der Waals surface area contributed by atoms with E-state index in [4.69, 9.17) is 21.1 Å². The molecule has 0 unspecified atom stereocenters. The van der Waals surface area contributed by atoms with Crippen molar-refractivity contribution in [2.24, 2.45) is 0 Å². The number of carbonyl (C=O) groups excluding carboxylic acids is 2. The zero-order valence-corrected chi connectivity index (χ0v) is 18.6. The monoisotopic (exact) mass is 455 g/mol. The number of carbonyl (C=O) groups is 2. The summed E-state index contributed by atoms with van der Waals surface area (Å²) in [6.07, 6.45) is 3.90. The van der Waals surface area contributed by atoms with Crippen LogP contribution in [-0.4, -0.2) is 19.0 Å². The van der Waals surface area contributed by atoms with E-state index in [1.807, 2.05) is 24.3 Å². The highest BCUT2D eigenvalue weighted by molar-refractivity contribution is 7.17. The van der Waals surface area contributed by atoms with Crippen LogP contribution in [0.2, 0.25) is 5.02 Å². The number of hydrogen-bond acceptors (Lipinski definition) is 5. The fourth-order valence-electron chi connectivity index (χ4n) is 3.63. The van der Waals surface area contributed by atoms with E-state index in [1.165, 1.54) is 18.4 Å². The number of amides is 1. The van der Waals surface area contributed by atoms with Crippen molar-refractivity contribution in [1.82, 2.24) is 0 Å². The van der Waals surface area contributed by atoms with Crippen LogP contribution in [0, 0.1) is 0 Å². The first kappa shape index (κ1) is 21.4. The number of methoxy groups -OCH3 is 1. The van der Waals surface area contributed by atoms with Crippen molar-refractivity contribution in [3.63, 3.8) is 0 Å². The zero-order valence-electron chi connectivity index (χ0n) is 17.1. The SMILES string of the molecule is COC(=O)c1c(NC(=O)c2ccc(OCc3ccccc3Cl)cc2)sc2c1CCCC2. The number of aryl methyl sites for hydroxylation is 1. The van der Waals surface area contributed by atoms with Gasteiger partial charge in [-0.15, -0.1) is 11.3 Å². The lowest BCUT2D eigenvalue weighted by Crippen LogP contribution is -2.15. The number of nitrogens with one attached hydrogen (secondary N) is 1. The molecule has 0 fully saturated rings. The van der Waals surface area contributed by atoms with Crippen LogP contribution in [0.5, 0.6) is 5.75 Å². The Kier molecular flexibility index (Phi) is 6.59. The second kappa shape index (κ2) is 9.54. The molecule has 4 rings (SSSR count). The maximum Gasteiger partial charge on any atom is 0.341 e. The summed E-state index contributed by atoms with van der Waals surface area (Å²) in [6.45, 7) is 0.342. The largest absolute Gasteiger partial charge is 0.489 e. The number of benzene rings is 2. The fourth-order valence-corrected chi connectivity index (χ4v) is 5.09. The van der Waals surface area contributed by atoms with Crippen LogP contribution in [0.15, 0.2) is 48.5 Å². The smallest absolute Gasteiger partial charge is 0.341 e. The normalized spacial score (nSPS) is 12.7. The van der Waals surface area contributed by atoms with Crippen LogP contribution in [0.1, 0.15) is 49.6 Å². The molecule has 0 radical (unpaired) electrons. The van der Waals surface area contributed by atoms with Crippen LogP contribution in [0.4, 0.5) is 5.00 Å². The Morgan fingerprint density at radius 3 is 2.55 bits per heavy atom. The second-order valence-electron chi connectivity index (χ2n) is 7.27. The molecule has 31 heavy (non-hydrogen) atoms. The lowest BCUT2D eigenvalue weighted by molar-refractivity contribution is 0.0601. The lowest BCUT2D eigenvalue weighted by Gasteiger charge is -2.12. The third-order valence-electron chi connectivity index (χ3n) is 5.26. The van der Waals surface area contributed by atoms with Gasteiger partial charge in [-0.3, -0.25) is 4.79 Å². The van der Waals surface area contributed by atoms with Crippen molar-refractivity contribution in [1.29, 1.82) is 0 Å². The predicted molar refractivity (Wildman–Crippen MR) is 122 cm³/mol. The zero-order chi connectivity index (χ0) is 21.8. The molecule has 1 heterocycles. The quantitative estimate of drug-likeness (QED) is 0.470. The highest BCUT2D eigenvalue weighted by Gasteiger charge is 2.27. The minimum Gasteiger partial charge on any atom is -0.489 e. The van der Waals surface area contributed by atoms with Crippen molar-refractivity contribution >= 4 is 39.8 Å². The lowest BCUT2D eigenvalue weighted by atomic mass is 9.95. The highest BCUT2D eigenvalue weighted by Crippen LogP contribution is 2.38. The van der Waals surface area contributed by atoms with Crippen molar-refractivity contribution in [2.75, 3.05) is 12.4 Å². The van der Waals surface area contributed by atoms with E-state index in [-0.39, 0.29) is 5.91 Å². The first-order chi connectivity index (χ1) is 15.1. The molecular weight excluding hydrogens is 434 g/mol. The summed E-state index contributed by atoms with van der Waals surface area (Å²) in [5.41, 5.74) is 2.88. The van der Waals surface area contributed by atoms with Gasteiger partial charge >= 0.3 is 5.97 Å². The van der Waals surface area contributed by atoms with E-state index in [2.05, 4.69) is 5.32 Å². The highest BCUT2D eigenvalue weighted by atomic mass is 35.5. The third kappa shape index (κ3) is 4.75. The number of thiophene rings is 1. The van der Waals surface area contributed by atoms with Gasteiger partial charge in [0.1, 0.15) is 17.4 Å². The summed E-state index contributed by atoms with van der Waals surface area (Å²) in [4.78, 5) is 26.3. The fraction of sp³-hybridized carbons (Fsp3) is 0.250. The van der Waals surface area contributed by atoms with Gasteiger partial charge in [-0.2, -0.15) is 0 Å². The molecule has 7 heteroatoms.